The van der Waals surface area contributed by atoms with Crippen LogP contribution in [0.4, 0.5) is 10.1 Å². The van der Waals surface area contributed by atoms with Crippen LogP contribution in [0, 0.1) is 5.82 Å². The van der Waals surface area contributed by atoms with Crippen molar-refractivity contribution in [2.75, 3.05) is 5.32 Å². The Hall–Kier alpha value is -1.52. The van der Waals surface area contributed by atoms with Crippen LogP contribution in [0.5, 0.6) is 0 Å². The quantitative estimate of drug-likeness (QED) is 0.800. The summed E-state index contributed by atoms with van der Waals surface area (Å²) in [6.07, 6.45) is 0. The van der Waals surface area contributed by atoms with Crippen molar-refractivity contribution in [3.63, 3.8) is 0 Å². The van der Waals surface area contributed by atoms with E-state index in [1.807, 2.05) is 0 Å². The summed E-state index contributed by atoms with van der Waals surface area (Å²) >= 11 is 10.1. The second-order valence-electron chi connectivity index (χ2n) is 3.63. The lowest BCUT2D eigenvalue weighted by Gasteiger charge is -2.07. The average Bonchev–Trinajstić information content (AvgIpc) is 2.35. The van der Waals surface area contributed by atoms with E-state index in [-0.39, 0.29) is 11.7 Å². The van der Waals surface area contributed by atoms with E-state index in [9.17, 15) is 9.18 Å². The molecular weight excluding hydrogens is 273 g/mol. The molecule has 5 heteroatoms. The molecule has 0 aliphatic heterocycles. The van der Waals surface area contributed by atoms with Crippen molar-refractivity contribution < 1.29 is 9.18 Å². The van der Waals surface area contributed by atoms with Crippen molar-refractivity contribution >= 4 is 35.8 Å². The first-order valence-electron chi connectivity index (χ1n) is 5.12. The highest BCUT2D eigenvalue weighted by Crippen LogP contribution is 2.21. The molecule has 2 aromatic rings. The summed E-state index contributed by atoms with van der Waals surface area (Å²) < 4.78 is 12.7. The molecule has 0 saturated heterocycles. The molecule has 0 heterocycles. The van der Waals surface area contributed by atoms with Crippen molar-refractivity contribution in [3.8, 4) is 0 Å². The van der Waals surface area contributed by atoms with Gasteiger partial charge >= 0.3 is 0 Å². The van der Waals surface area contributed by atoms with Gasteiger partial charge in [0.15, 0.2) is 0 Å². The van der Waals surface area contributed by atoms with Crippen LogP contribution in [0.1, 0.15) is 10.4 Å². The summed E-state index contributed by atoms with van der Waals surface area (Å²) in [5.41, 5.74) is 0.829. The maximum Gasteiger partial charge on any atom is 0.257 e. The number of hydrogen-bond donors (Lipinski definition) is 2. The number of thiol groups is 1. The van der Waals surface area contributed by atoms with Crippen LogP contribution in [0.3, 0.4) is 0 Å². The Balaban J connectivity index is 2.21. The summed E-state index contributed by atoms with van der Waals surface area (Å²) in [6, 6.07) is 10.4. The predicted octanol–water partition coefficient (Wildman–Crippen LogP) is 4.02. The van der Waals surface area contributed by atoms with Crippen molar-refractivity contribution in [3.05, 3.63) is 58.9 Å². The fourth-order valence-corrected chi connectivity index (χ4v) is 1.83. The third-order valence-corrected chi connectivity index (χ3v) is 2.90. The van der Waals surface area contributed by atoms with E-state index in [4.69, 9.17) is 11.6 Å². The molecule has 0 aliphatic carbocycles. The first kappa shape index (κ1) is 12.9. The highest BCUT2D eigenvalue weighted by Gasteiger charge is 2.10. The first-order chi connectivity index (χ1) is 8.56. The molecule has 0 bridgehead atoms. The Labute approximate surface area is 114 Å². The SMILES string of the molecule is O=C(Nc1ccc(F)cc1)c1cc(S)ccc1Cl. The number of nitrogens with one attached hydrogen (secondary N) is 1. The molecule has 0 saturated carbocycles. The Bertz CT molecular complexity index is 586. The van der Waals surface area contributed by atoms with Crippen molar-refractivity contribution in [1.82, 2.24) is 0 Å². The monoisotopic (exact) mass is 281 g/mol. The van der Waals surface area contributed by atoms with Crippen LogP contribution in [0.15, 0.2) is 47.4 Å². The van der Waals surface area contributed by atoms with E-state index in [1.165, 1.54) is 24.3 Å². The molecule has 0 unspecified atom stereocenters. The predicted molar refractivity (Wildman–Crippen MR) is 73.1 cm³/mol. The zero-order valence-electron chi connectivity index (χ0n) is 9.15. The molecule has 1 amide bonds. The van der Waals surface area contributed by atoms with Crippen molar-refractivity contribution in [2.45, 2.75) is 4.90 Å². The number of benzene rings is 2. The Kier molecular flexibility index (Phi) is 3.89. The van der Waals surface area contributed by atoms with E-state index >= 15 is 0 Å². The Morgan fingerprint density at radius 2 is 1.83 bits per heavy atom. The molecule has 0 spiro atoms. The minimum absolute atomic E-state index is 0.327. The summed E-state index contributed by atoms with van der Waals surface area (Å²) in [5, 5.41) is 2.97. The van der Waals surface area contributed by atoms with Crippen LogP contribution < -0.4 is 5.32 Å². The second kappa shape index (κ2) is 5.42. The maximum absolute atomic E-state index is 12.7. The standard InChI is InChI=1S/C13H9ClFNOS/c14-12-6-5-10(18)7-11(12)13(17)16-9-3-1-8(15)2-4-9/h1-7,18H,(H,16,17). The molecule has 1 N–H and O–H groups in total. The third-order valence-electron chi connectivity index (χ3n) is 2.30. The molecule has 0 radical (unpaired) electrons. The van der Waals surface area contributed by atoms with Gasteiger partial charge in [-0.15, -0.1) is 12.6 Å². The van der Waals surface area contributed by atoms with Crippen molar-refractivity contribution in [1.29, 1.82) is 0 Å². The number of halogens is 2. The topological polar surface area (TPSA) is 29.1 Å². The summed E-state index contributed by atoms with van der Waals surface area (Å²) in [4.78, 5) is 12.6. The number of anilines is 1. The van der Waals surface area contributed by atoms with Crippen LogP contribution >= 0.6 is 24.2 Å². The number of carbonyl (C=O) groups excluding carboxylic acids is 1. The summed E-state index contributed by atoms with van der Waals surface area (Å²) in [6.45, 7) is 0. The zero-order valence-corrected chi connectivity index (χ0v) is 10.8. The van der Waals surface area contributed by atoms with E-state index in [0.717, 1.165) is 0 Å². The van der Waals surface area contributed by atoms with Crippen LogP contribution in [0.2, 0.25) is 5.02 Å². The lowest BCUT2D eigenvalue weighted by atomic mass is 10.2. The van der Waals surface area contributed by atoms with E-state index in [0.29, 0.717) is 21.2 Å². The van der Waals surface area contributed by atoms with Gasteiger partial charge in [0.2, 0.25) is 0 Å². The third kappa shape index (κ3) is 3.03. The molecule has 2 rings (SSSR count). The molecule has 2 nitrogen and oxygen atoms in total. The van der Waals surface area contributed by atoms with Gasteiger partial charge in [-0.05, 0) is 42.5 Å². The van der Waals surface area contributed by atoms with Crippen molar-refractivity contribution in [2.24, 2.45) is 0 Å². The molecule has 2 aromatic carbocycles. The molecule has 0 aliphatic rings. The lowest BCUT2D eigenvalue weighted by molar-refractivity contribution is 0.102. The number of carbonyl (C=O) groups is 1. The summed E-state index contributed by atoms with van der Waals surface area (Å²) in [7, 11) is 0. The Morgan fingerprint density at radius 3 is 2.50 bits per heavy atom. The number of amides is 1. The fraction of sp³-hybridized carbons (Fsp3) is 0. The Morgan fingerprint density at radius 1 is 1.17 bits per heavy atom. The van der Waals surface area contributed by atoms with Gasteiger partial charge in [-0.3, -0.25) is 4.79 Å². The van der Waals surface area contributed by atoms with Gasteiger partial charge in [-0.25, -0.2) is 4.39 Å². The van der Waals surface area contributed by atoms with Gasteiger partial charge in [0.1, 0.15) is 5.82 Å². The summed E-state index contributed by atoms with van der Waals surface area (Å²) in [5.74, 6) is -0.717. The van der Waals surface area contributed by atoms with E-state index < -0.39 is 0 Å². The highest BCUT2D eigenvalue weighted by atomic mass is 35.5. The molecule has 0 aromatic heterocycles. The van der Waals surface area contributed by atoms with Gasteiger partial charge in [0.25, 0.3) is 5.91 Å². The van der Waals surface area contributed by atoms with Crippen LogP contribution in [0.25, 0.3) is 0 Å². The minimum Gasteiger partial charge on any atom is -0.322 e. The molecule has 0 fully saturated rings. The maximum atomic E-state index is 12.7. The number of hydrogen-bond acceptors (Lipinski definition) is 2. The van der Waals surface area contributed by atoms with E-state index in [1.54, 1.807) is 18.2 Å². The average molecular weight is 282 g/mol. The first-order valence-corrected chi connectivity index (χ1v) is 5.94. The normalized spacial score (nSPS) is 10.2. The van der Waals surface area contributed by atoms with Gasteiger partial charge in [0, 0.05) is 10.6 Å². The minimum atomic E-state index is -0.359. The largest absolute Gasteiger partial charge is 0.322 e. The molecule has 18 heavy (non-hydrogen) atoms. The second-order valence-corrected chi connectivity index (χ2v) is 4.55. The van der Waals surface area contributed by atoms with E-state index in [2.05, 4.69) is 17.9 Å². The van der Waals surface area contributed by atoms with Crippen LogP contribution in [-0.2, 0) is 0 Å². The fourth-order valence-electron chi connectivity index (χ4n) is 1.42. The molecule has 0 atom stereocenters. The molecular formula is C13H9ClFNOS. The highest BCUT2D eigenvalue weighted by molar-refractivity contribution is 7.80. The molecule has 92 valence electrons. The zero-order chi connectivity index (χ0) is 13.1. The van der Waals surface area contributed by atoms with Gasteiger partial charge in [-0.2, -0.15) is 0 Å². The smallest absolute Gasteiger partial charge is 0.257 e. The van der Waals surface area contributed by atoms with Crippen LogP contribution in [-0.4, -0.2) is 5.91 Å². The van der Waals surface area contributed by atoms with Gasteiger partial charge < -0.3 is 5.32 Å². The van der Waals surface area contributed by atoms with Gasteiger partial charge in [0.05, 0.1) is 10.6 Å². The lowest BCUT2D eigenvalue weighted by Crippen LogP contribution is -2.12. The van der Waals surface area contributed by atoms with Gasteiger partial charge in [-0.1, -0.05) is 11.6 Å². The number of rotatable bonds is 2.